The molecule has 4 aromatic rings. The first-order valence-electron chi connectivity index (χ1n) is 12.5. The van der Waals surface area contributed by atoms with Gasteiger partial charge in [0.1, 0.15) is 16.9 Å². The molecular weight excluding hydrogens is 482 g/mol. The molecule has 1 spiro atoms. The van der Waals surface area contributed by atoms with E-state index in [4.69, 9.17) is 15.1 Å². The molecule has 11 heteroatoms. The van der Waals surface area contributed by atoms with E-state index in [2.05, 4.69) is 27.4 Å². The van der Waals surface area contributed by atoms with Gasteiger partial charge in [-0.3, -0.25) is 0 Å². The number of aryl methyl sites for hydroxylation is 1. The Morgan fingerprint density at radius 1 is 1.14 bits per heavy atom. The summed E-state index contributed by atoms with van der Waals surface area (Å²) in [7, 11) is 1.84. The molecule has 1 saturated carbocycles. The van der Waals surface area contributed by atoms with E-state index >= 15 is 0 Å². The van der Waals surface area contributed by atoms with Gasteiger partial charge in [-0.1, -0.05) is 0 Å². The highest BCUT2D eigenvalue weighted by atomic mass is 32.2. The fourth-order valence-corrected chi connectivity index (χ4v) is 7.28. The third kappa shape index (κ3) is 4.16. The molecule has 2 N–H and O–H groups in total. The van der Waals surface area contributed by atoms with Crippen LogP contribution in [0.5, 0.6) is 0 Å². The van der Waals surface area contributed by atoms with Crippen LogP contribution in [0.15, 0.2) is 24.4 Å². The van der Waals surface area contributed by atoms with E-state index in [1.54, 1.807) is 6.92 Å². The minimum Gasteiger partial charge on any atom is -0.371 e. The standard InChI is InChI=1S/C25H30F2N8S/c1-15-29-19-4-3-18(31-23(19)34(15)13-20(26)27)17-7-11-35-21(17)22(28-2)32-24(33-35)30-16-5-8-25(9-6-16)10-12-36-14-25/h3-4,7,11,16,20H,5-6,8-10,12-14H2,1-2H3,(H2,28,30,32,33). The largest absolute Gasteiger partial charge is 0.371 e. The summed E-state index contributed by atoms with van der Waals surface area (Å²) in [5.74, 6) is 4.42. The van der Waals surface area contributed by atoms with Crippen molar-refractivity contribution in [1.82, 2.24) is 29.1 Å². The summed E-state index contributed by atoms with van der Waals surface area (Å²) in [4.78, 5) is 13.9. The number of thioether (sulfide) groups is 1. The van der Waals surface area contributed by atoms with E-state index in [9.17, 15) is 8.78 Å². The fourth-order valence-electron chi connectivity index (χ4n) is 5.69. The minimum atomic E-state index is -2.48. The van der Waals surface area contributed by atoms with Gasteiger partial charge in [0, 0.05) is 24.8 Å². The highest BCUT2D eigenvalue weighted by Crippen LogP contribution is 2.47. The molecule has 6 rings (SSSR count). The highest BCUT2D eigenvalue weighted by Gasteiger charge is 2.38. The average molecular weight is 513 g/mol. The summed E-state index contributed by atoms with van der Waals surface area (Å²) >= 11 is 2.10. The summed E-state index contributed by atoms with van der Waals surface area (Å²) in [6.07, 6.45) is 5.57. The molecular formula is C25H30F2N8S. The van der Waals surface area contributed by atoms with Crippen molar-refractivity contribution in [2.24, 2.45) is 5.41 Å². The molecule has 1 aliphatic heterocycles. The predicted molar refractivity (Wildman–Crippen MR) is 140 cm³/mol. The molecule has 0 bridgehead atoms. The SMILES string of the molecule is CNc1nc(NC2CCC3(CCSC3)CC2)nn2ccc(-c3ccc4nc(C)n(CC(F)F)c4n3)c12. The van der Waals surface area contributed by atoms with Gasteiger partial charge in [-0.25, -0.2) is 23.3 Å². The van der Waals surface area contributed by atoms with Crippen LogP contribution in [0.3, 0.4) is 0 Å². The van der Waals surface area contributed by atoms with Crippen LogP contribution in [0.2, 0.25) is 0 Å². The van der Waals surface area contributed by atoms with Crippen molar-refractivity contribution in [3.8, 4) is 11.3 Å². The molecule has 5 heterocycles. The minimum absolute atomic E-state index is 0.376. The number of pyridine rings is 1. The second kappa shape index (κ2) is 9.17. The van der Waals surface area contributed by atoms with Crippen molar-refractivity contribution in [2.75, 3.05) is 29.2 Å². The fraction of sp³-hybridized carbons (Fsp3) is 0.520. The molecule has 36 heavy (non-hydrogen) atoms. The van der Waals surface area contributed by atoms with Crippen LogP contribution in [-0.2, 0) is 6.54 Å². The van der Waals surface area contributed by atoms with Crippen LogP contribution in [0, 0.1) is 12.3 Å². The van der Waals surface area contributed by atoms with Crippen molar-refractivity contribution in [1.29, 1.82) is 0 Å². The van der Waals surface area contributed by atoms with Gasteiger partial charge in [-0.2, -0.15) is 16.7 Å². The first-order valence-corrected chi connectivity index (χ1v) is 13.6. The first-order chi connectivity index (χ1) is 17.4. The van der Waals surface area contributed by atoms with Crippen molar-refractivity contribution >= 4 is 40.2 Å². The summed E-state index contributed by atoms with van der Waals surface area (Å²) in [6, 6.07) is 6.00. The number of alkyl halides is 2. The molecule has 8 nitrogen and oxygen atoms in total. The predicted octanol–water partition coefficient (Wildman–Crippen LogP) is 5.23. The maximum absolute atomic E-state index is 13.2. The van der Waals surface area contributed by atoms with Gasteiger partial charge in [0.2, 0.25) is 5.95 Å². The van der Waals surface area contributed by atoms with E-state index in [1.807, 2.05) is 36.0 Å². The zero-order chi connectivity index (χ0) is 24.9. The summed E-state index contributed by atoms with van der Waals surface area (Å²) < 4.78 is 29.6. The van der Waals surface area contributed by atoms with Crippen molar-refractivity contribution < 1.29 is 8.78 Å². The number of halogens is 2. The van der Waals surface area contributed by atoms with Gasteiger partial charge in [0.15, 0.2) is 11.5 Å². The van der Waals surface area contributed by atoms with Crippen molar-refractivity contribution in [3.63, 3.8) is 0 Å². The number of imidazole rings is 1. The Bertz CT molecular complexity index is 1400. The van der Waals surface area contributed by atoms with Crippen LogP contribution < -0.4 is 10.6 Å². The molecule has 0 atom stereocenters. The topological polar surface area (TPSA) is 85.0 Å². The van der Waals surface area contributed by atoms with Gasteiger partial charge < -0.3 is 15.2 Å². The van der Waals surface area contributed by atoms with Gasteiger partial charge in [0.25, 0.3) is 6.43 Å². The van der Waals surface area contributed by atoms with Gasteiger partial charge in [-0.05, 0) is 74.1 Å². The Kier molecular flexibility index (Phi) is 5.97. The molecule has 190 valence electrons. The van der Waals surface area contributed by atoms with Crippen LogP contribution in [0.25, 0.3) is 27.9 Å². The second-order valence-electron chi connectivity index (χ2n) is 9.98. The number of nitrogens with zero attached hydrogens (tertiary/aromatic N) is 6. The summed E-state index contributed by atoms with van der Waals surface area (Å²) in [5, 5.41) is 11.5. The number of aromatic nitrogens is 6. The van der Waals surface area contributed by atoms with E-state index in [1.165, 1.54) is 35.3 Å². The first kappa shape index (κ1) is 23.4. The lowest BCUT2D eigenvalue weighted by Crippen LogP contribution is -2.34. The molecule has 1 aliphatic carbocycles. The molecule has 2 fully saturated rings. The smallest absolute Gasteiger partial charge is 0.256 e. The molecule has 2 aliphatic rings. The lowest BCUT2D eigenvalue weighted by atomic mass is 9.72. The third-order valence-electron chi connectivity index (χ3n) is 7.69. The zero-order valence-electron chi connectivity index (χ0n) is 20.5. The number of fused-ring (bicyclic) bond motifs is 2. The Hall–Kier alpha value is -2.95. The van der Waals surface area contributed by atoms with Crippen LogP contribution >= 0.6 is 11.8 Å². The van der Waals surface area contributed by atoms with Crippen molar-refractivity contribution in [3.05, 3.63) is 30.2 Å². The maximum atomic E-state index is 13.2. The third-order valence-corrected chi connectivity index (χ3v) is 9.00. The number of nitrogens with one attached hydrogen (secondary N) is 2. The Morgan fingerprint density at radius 2 is 1.97 bits per heavy atom. The number of hydrogen-bond donors (Lipinski definition) is 2. The zero-order valence-corrected chi connectivity index (χ0v) is 21.3. The van der Waals surface area contributed by atoms with E-state index < -0.39 is 13.0 Å². The normalized spacial score (nSPS) is 22.3. The van der Waals surface area contributed by atoms with Crippen molar-refractivity contribution in [2.45, 2.75) is 58.0 Å². The van der Waals surface area contributed by atoms with Crippen LogP contribution in [-0.4, -0.2) is 60.2 Å². The quantitative estimate of drug-likeness (QED) is 0.366. The second-order valence-corrected chi connectivity index (χ2v) is 11.1. The molecule has 0 amide bonds. The van der Waals surface area contributed by atoms with Gasteiger partial charge >= 0.3 is 0 Å². The Balaban J connectivity index is 1.30. The molecule has 4 aromatic heterocycles. The van der Waals surface area contributed by atoms with E-state index in [-0.39, 0.29) is 0 Å². The number of rotatable bonds is 6. The maximum Gasteiger partial charge on any atom is 0.256 e. The van der Waals surface area contributed by atoms with Gasteiger partial charge in [-0.15, -0.1) is 5.10 Å². The summed E-state index contributed by atoms with van der Waals surface area (Å²) in [5.41, 5.74) is 3.88. The van der Waals surface area contributed by atoms with Gasteiger partial charge in [0.05, 0.1) is 12.2 Å². The molecule has 0 radical (unpaired) electrons. The lowest BCUT2D eigenvalue weighted by Gasteiger charge is -2.36. The monoisotopic (exact) mass is 512 g/mol. The Labute approximate surface area is 212 Å². The van der Waals surface area contributed by atoms with Crippen LogP contribution in [0.1, 0.15) is 37.9 Å². The van der Waals surface area contributed by atoms with E-state index in [0.717, 1.165) is 23.9 Å². The Morgan fingerprint density at radius 3 is 2.69 bits per heavy atom. The lowest BCUT2D eigenvalue weighted by molar-refractivity contribution is 0.127. The molecule has 0 unspecified atom stereocenters. The van der Waals surface area contributed by atoms with Crippen LogP contribution in [0.4, 0.5) is 20.5 Å². The summed E-state index contributed by atoms with van der Waals surface area (Å²) in [6.45, 7) is 1.29. The highest BCUT2D eigenvalue weighted by molar-refractivity contribution is 7.99. The number of anilines is 2. The molecule has 1 saturated heterocycles. The average Bonchev–Trinajstić information content (AvgIpc) is 3.58. The number of hydrogen-bond acceptors (Lipinski definition) is 7. The molecule has 0 aromatic carbocycles. The van der Waals surface area contributed by atoms with E-state index in [0.29, 0.717) is 45.9 Å².